The van der Waals surface area contributed by atoms with Crippen LogP contribution in [0.1, 0.15) is 17.2 Å². The van der Waals surface area contributed by atoms with Crippen molar-refractivity contribution >= 4 is 27.5 Å². The number of hydrogen-bond acceptors (Lipinski definition) is 6. The molecule has 10 heteroatoms. The van der Waals surface area contributed by atoms with E-state index >= 15 is 0 Å². The minimum Gasteiger partial charge on any atom is -0.507 e. The average Bonchev–Trinajstić information content (AvgIpc) is 3.02. The number of hydrogen-bond donors (Lipinski definition) is 1. The molecule has 0 saturated carbocycles. The van der Waals surface area contributed by atoms with Gasteiger partial charge in [-0.2, -0.15) is 0 Å². The zero-order valence-corrected chi connectivity index (χ0v) is 18.6. The lowest BCUT2D eigenvalue weighted by Gasteiger charge is -2.25. The van der Waals surface area contributed by atoms with E-state index in [0.29, 0.717) is 5.56 Å². The van der Waals surface area contributed by atoms with Gasteiger partial charge in [-0.15, -0.1) is 0 Å². The molecular formula is C22H23FN2O6S. The second-order valence-corrected chi connectivity index (χ2v) is 9.50. The lowest BCUT2D eigenvalue weighted by atomic mass is 9.95. The third kappa shape index (κ3) is 4.29. The number of ketones is 1. The number of rotatable bonds is 7. The van der Waals surface area contributed by atoms with Crippen LogP contribution in [0.15, 0.2) is 59.0 Å². The van der Waals surface area contributed by atoms with E-state index in [4.69, 9.17) is 4.74 Å². The summed E-state index contributed by atoms with van der Waals surface area (Å²) in [6, 6.07) is 9.65. The molecule has 1 amide bonds. The van der Waals surface area contributed by atoms with Crippen LogP contribution in [-0.4, -0.2) is 68.8 Å². The minimum absolute atomic E-state index is 0.00896. The van der Waals surface area contributed by atoms with Gasteiger partial charge >= 0.3 is 0 Å². The molecule has 2 aromatic rings. The lowest BCUT2D eigenvalue weighted by molar-refractivity contribution is -0.140. The number of Topliss-reactive ketones (excluding diaryl/α,β-unsaturated/α-hetero) is 1. The van der Waals surface area contributed by atoms with Crippen molar-refractivity contribution in [2.75, 3.05) is 34.4 Å². The zero-order valence-electron chi connectivity index (χ0n) is 17.8. The Kier molecular flexibility index (Phi) is 6.77. The number of halogens is 1. The van der Waals surface area contributed by atoms with Crippen LogP contribution in [0.25, 0.3) is 5.76 Å². The van der Waals surface area contributed by atoms with Crippen molar-refractivity contribution in [3.63, 3.8) is 0 Å². The molecule has 1 saturated heterocycles. The molecule has 32 heavy (non-hydrogen) atoms. The van der Waals surface area contributed by atoms with Crippen molar-refractivity contribution in [2.45, 2.75) is 10.9 Å². The van der Waals surface area contributed by atoms with Gasteiger partial charge in [-0.05, 0) is 42.0 Å². The highest BCUT2D eigenvalue weighted by Crippen LogP contribution is 2.39. The van der Waals surface area contributed by atoms with Crippen LogP contribution in [0, 0.1) is 5.82 Å². The first kappa shape index (κ1) is 23.6. The number of nitrogens with zero attached hydrogens (tertiary/aromatic N) is 2. The Bertz CT molecular complexity index is 1160. The Morgan fingerprint density at radius 1 is 1.09 bits per heavy atom. The molecule has 2 aromatic carbocycles. The highest BCUT2D eigenvalue weighted by molar-refractivity contribution is 7.89. The van der Waals surface area contributed by atoms with E-state index in [0.717, 1.165) is 4.31 Å². The predicted molar refractivity (Wildman–Crippen MR) is 115 cm³/mol. The number of methoxy groups -OCH3 is 1. The van der Waals surface area contributed by atoms with Crippen molar-refractivity contribution in [1.82, 2.24) is 9.21 Å². The van der Waals surface area contributed by atoms with E-state index in [1.807, 2.05) is 0 Å². The van der Waals surface area contributed by atoms with Gasteiger partial charge in [-0.25, -0.2) is 17.1 Å². The molecule has 1 atom stereocenters. The van der Waals surface area contributed by atoms with Crippen molar-refractivity contribution in [2.24, 2.45) is 0 Å². The summed E-state index contributed by atoms with van der Waals surface area (Å²) in [5.74, 6) is -2.64. The molecule has 8 nitrogen and oxygen atoms in total. The third-order valence-corrected chi connectivity index (χ3v) is 7.00. The molecule has 0 bridgehead atoms. The van der Waals surface area contributed by atoms with Gasteiger partial charge in [0.2, 0.25) is 10.0 Å². The van der Waals surface area contributed by atoms with Crippen molar-refractivity contribution in [3.8, 4) is 0 Å². The molecule has 0 aromatic heterocycles. The highest BCUT2D eigenvalue weighted by Gasteiger charge is 2.45. The molecule has 1 N–H and O–H groups in total. The quantitative estimate of drug-likeness (QED) is 0.384. The number of carbonyl (C=O) groups excluding carboxylic acids is 2. The van der Waals surface area contributed by atoms with Crippen LogP contribution in [0.2, 0.25) is 0 Å². The molecular weight excluding hydrogens is 439 g/mol. The van der Waals surface area contributed by atoms with E-state index < -0.39 is 39.3 Å². The van der Waals surface area contributed by atoms with Crippen molar-refractivity contribution < 1.29 is 32.2 Å². The normalized spacial score (nSPS) is 18.5. The Labute approximate surface area is 185 Å². The van der Waals surface area contributed by atoms with Crippen LogP contribution in [-0.2, 0) is 24.3 Å². The minimum atomic E-state index is -3.68. The fourth-order valence-electron chi connectivity index (χ4n) is 3.44. The standard InChI is InChI=1S/C22H23FN2O6S/c1-24(2)32(29,30)17-10-6-15(7-11-17)20(26)18-19(14-4-8-16(23)9-5-14)25(12-13-31-3)22(28)21(18)27/h4-11,19,26H,12-13H2,1-3H3/t19-/m1/s1. The van der Waals surface area contributed by atoms with E-state index in [2.05, 4.69) is 0 Å². The first-order valence-electron chi connectivity index (χ1n) is 9.65. The van der Waals surface area contributed by atoms with Crippen molar-refractivity contribution in [1.29, 1.82) is 0 Å². The Balaban J connectivity index is 2.11. The summed E-state index contributed by atoms with van der Waals surface area (Å²) in [7, 11) is 0.566. The SMILES string of the molecule is COCCN1C(=O)C(=O)C(=C(O)c2ccc(S(=O)(=O)N(C)C)cc2)[C@H]1c1ccc(F)cc1. The molecule has 0 unspecified atom stereocenters. The van der Waals surface area contributed by atoms with E-state index in [9.17, 15) is 27.5 Å². The summed E-state index contributed by atoms with van der Waals surface area (Å²) in [5.41, 5.74) is 0.440. The van der Waals surface area contributed by atoms with Gasteiger partial charge in [0.1, 0.15) is 11.6 Å². The summed E-state index contributed by atoms with van der Waals surface area (Å²) >= 11 is 0. The Morgan fingerprint density at radius 2 is 1.69 bits per heavy atom. The third-order valence-electron chi connectivity index (χ3n) is 5.17. The van der Waals surface area contributed by atoms with Gasteiger partial charge in [-0.1, -0.05) is 12.1 Å². The maximum absolute atomic E-state index is 13.5. The summed E-state index contributed by atoms with van der Waals surface area (Å²) in [6.07, 6.45) is 0. The Morgan fingerprint density at radius 3 is 2.22 bits per heavy atom. The van der Waals surface area contributed by atoms with Crippen LogP contribution in [0.3, 0.4) is 0 Å². The second kappa shape index (κ2) is 9.19. The molecule has 1 aliphatic heterocycles. The molecule has 1 fully saturated rings. The number of amides is 1. The van der Waals surface area contributed by atoms with Crippen LogP contribution in [0.4, 0.5) is 4.39 Å². The van der Waals surface area contributed by atoms with Crippen molar-refractivity contribution in [3.05, 3.63) is 71.0 Å². The molecule has 3 rings (SSSR count). The maximum atomic E-state index is 13.5. The van der Waals surface area contributed by atoms with Gasteiger partial charge in [0.15, 0.2) is 0 Å². The zero-order chi connectivity index (χ0) is 23.6. The Hall–Kier alpha value is -3.08. The molecule has 0 spiro atoms. The van der Waals surface area contributed by atoms with Gasteiger partial charge in [0.05, 0.1) is 23.1 Å². The summed E-state index contributed by atoms with van der Waals surface area (Å²) in [5, 5.41) is 11.0. The fourth-order valence-corrected chi connectivity index (χ4v) is 4.34. The fraction of sp³-hybridized carbons (Fsp3) is 0.273. The lowest BCUT2D eigenvalue weighted by Crippen LogP contribution is -2.32. The molecule has 170 valence electrons. The van der Waals surface area contributed by atoms with Gasteiger partial charge < -0.3 is 14.7 Å². The predicted octanol–water partition coefficient (Wildman–Crippen LogP) is 2.14. The second-order valence-electron chi connectivity index (χ2n) is 7.35. The van der Waals surface area contributed by atoms with Crippen LogP contribution < -0.4 is 0 Å². The van der Waals surface area contributed by atoms with Crippen LogP contribution in [0.5, 0.6) is 0 Å². The number of aliphatic hydroxyl groups excluding tert-OH is 1. The first-order valence-corrected chi connectivity index (χ1v) is 11.1. The first-order chi connectivity index (χ1) is 15.1. The van der Waals surface area contributed by atoms with Gasteiger partial charge in [-0.3, -0.25) is 9.59 Å². The number of likely N-dealkylation sites (tertiary alicyclic amines) is 1. The number of aliphatic hydroxyl groups is 1. The van der Waals surface area contributed by atoms with E-state index in [1.54, 1.807) is 0 Å². The topological polar surface area (TPSA) is 104 Å². The number of ether oxygens (including phenoxy) is 1. The number of benzene rings is 2. The van der Waals surface area contributed by atoms with Crippen LogP contribution >= 0.6 is 0 Å². The maximum Gasteiger partial charge on any atom is 0.295 e. The van der Waals surface area contributed by atoms with Gasteiger partial charge in [0.25, 0.3) is 11.7 Å². The molecule has 1 aliphatic rings. The summed E-state index contributed by atoms with van der Waals surface area (Å²) < 4.78 is 44.1. The summed E-state index contributed by atoms with van der Waals surface area (Å²) in [6.45, 7) is 0.238. The molecule has 0 aliphatic carbocycles. The average molecular weight is 462 g/mol. The number of sulfonamides is 1. The number of carbonyl (C=O) groups is 2. The van der Waals surface area contributed by atoms with E-state index in [-0.39, 0.29) is 29.2 Å². The molecule has 0 radical (unpaired) electrons. The smallest absolute Gasteiger partial charge is 0.295 e. The summed E-state index contributed by atoms with van der Waals surface area (Å²) in [4.78, 5) is 26.8. The molecule has 1 heterocycles. The highest BCUT2D eigenvalue weighted by atomic mass is 32.2. The van der Waals surface area contributed by atoms with Gasteiger partial charge in [0, 0.05) is 33.3 Å². The van der Waals surface area contributed by atoms with E-state index in [1.165, 1.54) is 74.6 Å². The monoisotopic (exact) mass is 462 g/mol. The largest absolute Gasteiger partial charge is 0.507 e.